The Bertz CT molecular complexity index is 1170. The molecule has 1 aliphatic heterocycles. The maximum Gasteiger partial charge on any atom is 0.391 e. The topological polar surface area (TPSA) is 100 Å². The minimum absolute atomic E-state index is 0.0354. The smallest absolute Gasteiger partial charge is 0.391 e. The van der Waals surface area contributed by atoms with Gasteiger partial charge in [-0.2, -0.15) is 18.3 Å². The number of amides is 2. The largest absolute Gasteiger partial charge is 0.481 e. The van der Waals surface area contributed by atoms with E-state index in [4.69, 9.17) is 4.74 Å². The Labute approximate surface area is 211 Å². The number of H-pyrrole nitrogens is 1. The van der Waals surface area contributed by atoms with Crippen LogP contribution in [0.2, 0.25) is 0 Å². The maximum atomic E-state index is 14.3. The molecule has 2 saturated carbocycles. The van der Waals surface area contributed by atoms with Crippen LogP contribution in [-0.4, -0.2) is 63.3 Å². The zero-order valence-corrected chi connectivity index (χ0v) is 20.4. The van der Waals surface area contributed by atoms with Gasteiger partial charge in [0.2, 0.25) is 11.8 Å². The lowest BCUT2D eigenvalue weighted by molar-refractivity contribution is -0.182. The van der Waals surface area contributed by atoms with E-state index in [9.17, 15) is 27.2 Å². The van der Waals surface area contributed by atoms with Crippen LogP contribution in [0.3, 0.4) is 0 Å². The molecule has 2 aromatic rings. The first-order valence-electron chi connectivity index (χ1n) is 12.5. The van der Waals surface area contributed by atoms with E-state index in [0.717, 1.165) is 19.0 Å². The zero-order valence-electron chi connectivity index (χ0n) is 20.4. The van der Waals surface area contributed by atoms with Crippen molar-refractivity contribution in [3.05, 3.63) is 29.8 Å². The molecule has 8 nitrogen and oxygen atoms in total. The molecule has 200 valence electrons. The fraction of sp³-hybridized carbons (Fsp3) is 0.600. The number of methoxy groups -OCH3 is 1. The van der Waals surface area contributed by atoms with Gasteiger partial charge < -0.3 is 15.0 Å². The van der Waals surface area contributed by atoms with Gasteiger partial charge in [0, 0.05) is 35.7 Å². The summed E-state index contributed by atoms with van der Waals surface area (Å²) in [7, 11) is 1.42. The van der Waals surface area contributed by atoms with Crippen LogP contribution in [0.15, 0.2) is 18.3 Å². The third kappa shape index (κ3) is 5.15. The van der Waals surface area contributed by atoms with Crippen molar-refractivity contribution in [2.45, 2.75) is 69.1 Å². The number of alkyl halides is 3. The number of rotatable bonds is 5. The normalized spacial score (nSPS) is 25.1. The first-order valence-corrected chi connectivity index (χ1v) is 12.5. The fourth-order valence-corrected chi connectivity index (χ4v) is 5.68. The molecule has 1 atom stereocenters. The van der Waals surface area contributed by atoms with Crippen molar-refractivity contribution < 1.29 is 31.9 Å². The van der Waals surface area contributed by atoms with Crippen LogP contribution in [0.25, 0.3) is 11.3 Å². The van der Waals surface area contributed by atoms with Crippen LogP contribution < -0.4 is 10.1 Å². The quantitative estimate of drug-likeness (QED) is 0.571. The number of aromatic amines is 1. The summed E-state index contributed by atoms with van der Waals surface area (Å²) in [6, 6.07) is 2.66. The Morgan fingerprint density at radius 3 is 2.54 bits per heavy atom. The molecule has 5 rings (SSSR count). The molecule has 3 heterocycles. The number of halogens is 4. The van der Waals surface area contributed by atoms with Crippen molar-refractivity contribution in [1.29, 1.82) is 0 Å². The molecule has 2 amide bonds. The lowest BCUT2D eigenvalue weighted by Gasteiger charge is -2.40. The van der Waals surface area contributed by atoms with Gasteiger partial charge in [-0.1, -0.05) is 0 Å². The van der Waals surface area contributed by atoms with Gasteiger partial charge in [0.1, 0.15) is 5.69 Å². The SMILES string of the molecule is COc1cc(-c2cc(C(=O)N3CC[C@@H](C(=O)NC4CCC(C(F)(F)F)CC4)CC34CC4)[nH]n2)c(F)cn1. The molecule has 12 heteroatoms. The Hall–Kier alpha value is -3.18. The Balaban J connectivity index is 1.20. The van der Waals surface area contributed by atoms with Gasteiger partial charge in [0.25, 0.3) is 5.91 Å². The van der Waals surface area contributed by atoms with Crippen molar-refractivity contribution >= 4 is 11.8 Å². The number of hydrogen-bond donors (Lipinski definition) is 2. The van der Waals surface area contributed by atoms with Crippen LogP contribution in [0.4, 0.5) is 17.6 Å². The van der Waals surface area contributed by atoms with Crippen molar-refractivity contribution in [2.24, 2.45) is 11.8 Å². The third-order valence-electron chi connectivity index (χ3n) is 8.00. The molecule has 0 unspecified atom stereocenters. The lowest BCUT2D eigenvalue weighted by atomic mass is 9.84. The summed E-state index contributed by atoms with van der Waals surface area (Å²) in [5, 5.41) is 9.77. The summed E-state index contributed by atoms with van der Waals surface area (Å²) in [4.78, 5) is 31.9. The second kappa shape index (κ2) is 9.60. The number of nitrogens with zero attached hydrogens (tertiary/aromatic N) is 3. The second-order valence-corrected chi connectivity index (χ2v) is 10.3. The van der Waals surface area contributed by atoms with Gasteiger partial charge in [0.15, 0.2) is 5.82 Å². The first kappa shape index (κ1) is 25.5. The summed E-state index contributed by atoms with van der Waals surface area (Å²) in [6.45, 7) is 0.379. The third-order valence-corrected chi connectivity index (χ3v) is 8.00. The molecule has 0 aromatic carbocycles. The van der Waals surface area contributed by atoms with Crippen LogP contribution in [0.1, 0.15) is 61.9 Å². The predicted molar refractivity (Wildman–Crippen MR) is 124 cm³/mol. The van der Waals surface area contributed by atoms with Crippen molar-refractivity contribution in [2.75, 3.05) is 13.7 Å². The number of carbonyl (C=O) groups excluding carboxylic acids is 2. The van der Waals surface area contributed by atoms with Gasteiger partial charge in [-0.05, 0) is 57.4 Å². The molecular weight excluding hydrogens is 494 g/mol. The van der Waals surface area contributed by atoms with E-state index in [0.29, 0.717) is 32.2 Å². The molecule has 37 heavy (non-hydrogen) atoms. The van der Waals surface area contributed by atoms with Gasteiger partial charge in [-0.25, -0.2) is 9.37 Å². The number of carbonyl (C=O) groups is 2. The number of likely N-dealkylation sites (tertiary alicyclic amines) is 1. The highest BCUT2D eigenvalue weighted by atomic mass is 19.4. The summed E-state index contributed by atoms with van der Waals surface area (Å²) in [5.74, 6) is -2.35. The summed E-state index contributed by atoms with van der Waals surface area (Å²) in [5.41, 5.74) is 0.214. The standard InChI is InChI=1S/C25H29F4N5O3/c1-37-21-10-17(18(26)13-30-21)19-11-20(33-32-19)23(36)34-9-6-14(12-24(34)7-8-24)22(35)31-16-4-2-15(3-5-16)25(27,28)29/h10-11,13-16H,2-9,12H2,1H3,(H,31,35)(H,32,33)/t14-,15?,16?/m1/s1. The molecule has 3 fully saturated rings. The average molecular weight is 524 g/mol. The number of pyridine rings is 1. The van der Waals surface area contributed by atoms with Gasteiger partial charge in [0.05, 0.1) is 24.9 Å². The summed E-state index contributed by atoms with van der Waals surface area (Å²) < 4.78 is 58.1. The van der Waals surface area contributed by atoms with Crippen molar-refractivity contribution in [3.63, 3.8) is 0 Å². The van der Waals surface area contributed by atoms with Crippen LogP contribution in [0.5, 0.6) is 5.88 Å². The second-order valence-electron chi connectivity index (χ2n) is 10.3. The molecule has 1 spiro atoms. The maximum absolute atomic E-state index is 14.3. The molecule has 2 aromatic heterocycles. The van der Waals surface area contributed by atoms with E-state index in [2.05, 4.69) is 20.5 Å². The molecule has 2 aliphatic carbocycles. The average Bonchev–Trinajstić information content (AvgIpc) is 3.45. The van der Waals surface area contributed by atoms with E-state index in [1.807, 2.05) is 0 Å². The van der Waals surface area contributed by atoms with Crippen molar-refractivity contribution in [1.82, 2.24) is 25.4 Å². The van der Waals surface area contributed by atoms with E-state index < -0.39 is 23.5 Å². The highest BCUT2D eigenvalue weighted by Gasteiger charge is 2.55. The van der Waals surface area contributed by atoms with Crippen molar-refractivity contribution in [3.8, 4) is 17.1 Å². The van der Waals surface area contributed by atoms with Gasteiger partial charge in [-0.3, -0.25) is 14.7 Å². The number of nitrogens with one attached hydrogen (secondary N) is 2. The molecule has 1 saturated heterocycles. The molecule has 0 bridgehead atoms. The predicted octanol–water partition coefficient (Wildman–Crippen LogP) is 4.24. The molecule has 3 aliphatic rings. The zero-order chi connectivity index (χ0) is 26.4. The highest BCUT2D eigenvalue weighted by molar-refractivity contribution is 5.94. The highest BCUT2D eigenvalue weighted by Crippen LogP contribution is 2.50. The van der Waals surface area contributed by atoms with Gasteiger partial charge in [-0.15, -0.1) is 0 Å². The number of piperidine rings is 1. The first-order chi connectivity index (χ1) is 17.6. The van der Waals surface area contributed by atoms with Crippen LogP contribution in [-0.2, 0) is 4.79 Å². The van der Waals surface area contributed by atoms with E-state index >= 15 is 0 Å². The van der Waals surface area contributed by atoms with E-state index in [1.54, 1.807) is 4.90 Å². The number of hydrogen-bond acceptors (Lipinski definition) is 5. The van der Waals surface area contributed by atoms with E-state index in [1.165, 1.54) is 19.2 Å². The molecule has 2 N–H and O–H groups in total. The summed E-state index contributed by atoms with van der Waals surface area (Å²) >= 11 is 0. The Morgan fingerprint density at radius 1 is 1.16 bits per heavy atom. The Kier molecular flexibility index (Phi) is 6.61. The van der Waals surface area contributed by atoms with Gasteiger partial charge >= 0.3 is 6.18 Å². The number of ether oxygens (including phenoxy) is 1. The minimum atomic E-state index is -4.18. The lowest BCUT2D eigenvalue weighted by Crippen LogP contribution is -2.52. The number of aromatic nitrogens is 3. The van der Waals surface area contributed by atoms with E-state index in [-0.39, 0.29) is 59.4 Å². The fourth-order valence-electron chi connectivity index (χ4n) is 5.68. The Morgan fingerprint density at radius 2 is 1.89 bits per heavy atom. The molecular formula is C25H29F4N5O3. The minimum Gasteiger partial charge on any atom is -0.481 e. The summed E-state index contributed by atoms with van der Waals surface area (Å²) in [6.07, 6.45) is 0.0972. The van der Waals surface area contributed by atoms with Crippen LogP contribution in [0, 0.1) is 17.7 Å². The van der Waals surface area contributed by atoms with Crippen LogP contribution >= 0.6 is 0 Å². The molecule has 0 radical (unpaired) electrons. The monoisotopic (exact) mass is 523 g/mol.